The van der Waals surface area contributed by atoms with Gasteiger partial charge in [0.15, 0.2) is 0 Å². The van der Waals surface area contributed by atoms with Crippen LogP contribution < -0.4 is 0 Å². The number of fused-ring (bicyclic) bond motifs is 7. The number of benzene rings is 11. The van der Waals surface area contributed by atoms with Crippen LogP contribution in [0.2, 0.25) is 0 Å². The second kappa shape index (κ2) is 13.4. The third kappa shape index (κ3) is 5.25. The van der Waals surface area contributed by atoms with Crippen molar-refractivity contribution in [3.05, 3.63) is 218 Å². The van der Waals surface area contributed by atoms with Gasteiger partial charge in [-0.1, -0.05) is 206 Å². The van der Waals surface area contributed by atoms with Crippen LogP contribution in [-0.4, -0.2) is 0 Å². The Labute approximate surface area is 342 Å². The Hall–Kier alpha value is -7.74. The summed E-state index contributed by atoms with van der Waals surface area (Å²) in [5, 5.41) is 12.1. The molecule has 0 aliphatic heterocycles. The van der Waals surface area contributed by atoms with Crippen molar-refractivity contribution in [3.8, 4) is 55.6 Å². The molecule has 1 heterocycles. The predicted octanol–water partition coefficient (Wildman–Crippen LogP) is 16.5. The Kier molecular flexibility index (Phi) is 7.61. The van der Waals surface area contributed by atoms with Gasteiger partial charge in [-0.15, -0.1) is 0 Å². The van der Waals surface area contributed by atoms with E-state index >= 15 is 0 Å². The summed E-state index contributed by atoms with van der Waals surface area (Å²) in [6.45, 7) is 0. The van der Waals surface area contributed by atoms with E-state index < -0.39 is 0 Å². The molecule has 59 heavy (non-hydrogen) atoms. The highest BCUT2D eigenvalue weighted by Gasteiger charge is 2.22. The molecule has 0 unspecified atom stereocenters. The quantitative estimate of drug-likeness (QED) is 0.160. The van der Waals surface area contributed by atoms with Gasteiger partial charge in [0.1, 0.15) is 11.2 Å². The summed E-state index contributed by atoms with van der Waals surface area (Å²) in [7, 11) is 0. The lowest BCUT2D eigenvalue weighted by atomic mass is 9.85. The van der Waals surface area contributed by atoms with Crippen LogP contribution in [0, 0.1) is 0 Å². The molecule has 1 nitrogen and oxygen atoms in total. The molecule has 274 valence electrons. The van der Waals surface area contributed by atoms with Gasteiger partial charge in [0.05, 0.1) is 0 Å². The largest absolute Gasteiger partial charge is 0.455 e. The van der Waals surface area contributed by atoms with E-state index in [9.17, 15) is 0 Å². The molecule has 0 N–H and O–H groups in total. The van der Waals surface area contributed by atoms with E-state index in [1.54, 1.807) is 0 Å². The molecule has 0 spiro atoms. The lowest BCUT2D eigenvalue weighted by molar-refractivity contribution is 0.670. The molecule has 12 aromatic rings. The maximum Gasteiger partial charge on any atom is 0.143 e. The smallest absolute Gasteiger partial charge is 0.143 e. The van der Waals surface area contributed by atoms with Crippen LogP contribution >= 0.6 is 0 Å². The van der Waals surface area contributed by atoms with Crippen molar-refractivity contribution in [2.75, 3.05) is 0 Å². The maximum atomic E-state index is 6.94. The average Bonchev–Trinajstić information content (AvgIpc) is 3.69. The maximum absolute atomic E-state index is 6.94. The van der Waals surface area contributed by atoms with Crippen molar-refractivity contribution in [2.24, 2.45) is 0 Å². The molecule has 0 bridgehead atoms. The highest BCUT2D eigenvalue weighted by atomic mass is 16.3. The lowest BCUT2D eigenvalue weighted by Crippen LogP contribution is -1.91. The van der Waals surface area contributed by atoms with Gasteiger partial charge in [-0.3, -0.25) is 0 Å². The zero-order chi connectivity index (χ0) is 38.9. The minimum Gasteiger partial charge on any atom is -0.455 e. The Morgan fingerprint density at radius 2 is 0.576 bits per heavy atom. The average molecular weight is 749 g/mol. The first-order chi connectivity index (χ1) is 29.3. The Balaban J connectivity index is 1.07. The number of hydrogen-bond acceptors (Lipinski definition) is 1. The first-order valence-corrected chi connectivity index (χ1v) is 20.3. The van der Waals surface area contributed by atoms with Crippen molar-refractivity contribution in [1.82, 2.24) is 0 Å². The van der Waals surface area contributed by atoms with Gasteiger partial charge < -0.3 is 4.42 Å². The van der Waals surface area contributed by atoms with Crippen LogP contribution in [0.1, 0.15) is 0 Å². The minimum atomic E-state index is 0.884. The third-order valence-corrected chi connectivity index (χ3v) is 12.3. The molecule has 0 radical (unpaired) electrons. The first-order valence-electron chi connectivity index (χ1n) is 20.3. The molecular formula is C58H36O. The summed E-state index contributed by atoms with van der Waals surface area (Å²) < 4.78 is 6.94. The molecule has 0 amide bonds. The molecule has 0 atom stereocenters. The van der Waals surface area contributed by atoms with Crippen molar-refractivity contribution in [3.63, 3.8) is 0 Å². The van der Waals surface area contributed by atoms with E-state index in [0.29, 0.717) is 0 Å². The van der Waals surface area contributed by atoms with Crippen LogP contribution in [0.5, 0.6) is 0 Å². The Bertz CT molecular complexity index is 3460. The van der Waals surface area contributed by atoms with Crippen molar-refractivity contribution < 1.29 is 4.42 Å². The van der Waals surface area contributed by atoms with Crippen LogP contribution in [0.4, 0.5) is 0 Å². The summed E-state index contributed by atoms with van der Waals surface area (Å²) in [6, 6.07) is 79.3. The third-order valence-electron chi connectivity index (χ3n) is 12.3. The number of hydrogen-bond donors (Lipinski definition) is 0. The normalized spacial score (nSPS) is 11.7. The molecule has 0 saturated heterocycles. The number of furan rings is 1. The number of para-hydroxylation sites is 1. The fourth-order valence-corrected chi connectivity index (χ4v) is 9.70. The second-order valence-electron chi connectivity index (χ2n) is 15.5. The van der Waals surface area contributed by atoms with Crippen molar-refractivity contribution in [1.29, 1.82) is 0 Å². The van der Waals surface area contributed by atoms with Crippen LogP contribution in [0.3, 0.4) is 0 Å². The monoisotopic (exact) mass is 748 g/mol. The number of rotatable bonds is 5. The lowest BCUT2D eigenvalue weighted by Gasteiger charge is -2.18. The standard InChI is InChI=1S/C58H36O/c1-3-16-37(17-4-1)38-30-32-40(33-31-38)55-42-20-7-9-22-44(42)56(45-23-10-8-21-43(45)55)41-34-35-53-52(36-41)50-28-15-29-51(58(50)59-53)57-48-26-13-11-24-46(48)54(39-18-5-2-6-19-39)47-25-12-14-27-49(47)57/h1-36H. The van der Waals surface area contributed by atoms with E-state index in [-0.39, 0.29) is 0 Å². The summed E-state index contributed by atoms with van der Waals surface area (Å²) >= 11 is 0. The minimum absolute atomic E-state index is 0.884. The highest BCUT2D eigenvalue weighted by molar-refractivity contribution is 6.25. The first kappa shape index (κ1) is 33.4. The summed E-state index contributed by atoms with van der Waals surface area (Å²) in [4.78, 5) is 0. The molecule has 11 aromatic carbocycles. The molecule has 0 fully saturated rings. The van der Waals surface area contributed by atoms with Crippen LogP contribution in [0.25, 0.3) is 121 Å². The van der Waals surface area contributed by atoms with E-state index in [0.717, 1.165) is 27.5 Å². The van der Waals surface area contributed by atoms with Gasteiger partial charge in [-0.05, 0) is 99.7 Å². The van der Waals surface area contributed by atoms with E-state index in [2.05, 4.69) is 218 Å². The Morgan fingerprint density at radius 3 is 1.08 bits per heavy atom. The van der Waals surface area contributed by atoms with Gasteiger partial charge in [-0.2, -0.15) is 0 Å². The van der Waals surface area contributed by atoms with E-state index in [1.807, 2.05) is 0 Å². The molecule has 0 aliphatic rings. The molecule has 1 aromatic heterocycles. The van der Waals surface area contributed by atoms with Gasteiger partial charge in [0.2, 0.25) is 0 Å². The SMILES string of the molecule is c1ccc(-c2ccc(-c3c4ccccc4c(-c4ccc5oc6c(-c7c8ccccc8c(-c8ccccc8)c8ccccc78)cccc6c5c4)c4ccccc34)cc2)cc1. The van der Waals surface area contributed by atoms with Crippen molar-refractivity contribution in [2.45, 2.75) is 0 Å². The zero-order valence-corrected chi connectivity index (χ0v) is 32.2. The fraction of sp³-hybridized carbons (Fsp3) is 0. The summed E-state index contributed by atoms with van der Waals surface area (Å²) in [5.74, 6) is 0. The molecule has 12 rings (SSSR count). The van der Waals surface area contributed by atoms with Gasteiger partial charge >= 0.3 is 0 Å². The zero-order valence-electron chi connectivity index (χ0n) is 32.2. The van der Waals surface area contributed by atoms with E-state index in [1.165, 1.54) is 93.2 Å². The molecule has 1 heteroatoms. The van der Waals surface area contributed by atoms with Crippen molar-refractivity contribution >= 4 is 65.0 Å². The molecular weight excluding hydrogens is 713 g/mol. The topological polar surface area (TPSA) is 13.1 Å². The van der Waals surface area contributed by atoms with Gasteiger partial charge in [0.25, 0.3) is 0 Å². The van der Waals surface area contributed by atoms with Crippen LogP contribution in [-0.2, 0) is 0 Å². The second-order valence-corrected chi connectivity index (χ2v) is 15.5. The molecule has 0 aliphatic carbocycles. The Morgan fingerprint density at radius 1 is 0.220 bits per heavy atom. The van der Waals surface area contributed by atoms with E-state index in [4.69, 9.17) is 4.42 Å². The van der Waals surface area contributed by atoms with Gasteiger partial charge in [-0.25, -0.2) is 0 Å². The molecule has 0 saturated carbocycles. The fourth-order valence-electron chi connectivity index (χ4n) is 9.70. The van der Waals surface area contributed by atoms with Gasteiger partial charge in [0, 0.05) is 21.9 Å². The highest BCUT2D eigenvalue weighted by Crippen LogP contribution is 2.48. The summed E-state index contributed by atoms with van der Waals surface area (Å²) in [6.07, 6.45) is 0. The summed E-state index contributed by atoms with van der Waals surface area (Å²) in [5.41, 5.74) is 13.9. The van der Waals surface area contributed by atoms with Crippen LogP contribution in [0.15, 0.2) is 223 Å². The predicted molar refractivity (Wildman–Crippen MR) is 251 cm³/mol.